The molecule has 0 amide bonds. The molecule has 32 heavy (non-hydrogen) atoms. The van der Waals surface area contributed by atoms with Crippen LogP contribution in [0.4, 0.5) is 18.9 Å². The van der Waals surface area contributed by atoms with Crippen LogP contribution in [0.1, 0.15) is 45.0 Å². The Labute approximate surface area is 182 Å². The molecule has 0 unspecified atom stereocenters. The fourth-order valence-electron chi connectivity index (χ4n) is 3.56. The quantitative estimate of drug-likeness (QED) is 0.515. The van der Waals surface area contributed by atoms with Gasteiger partial charge >= 0.3 is 11.9 Å². The number of hydrogen-bond donors (Lipinski definition) is 2. The van der Waals surface area contributed by atoms with E-state index >= 15 is 0 Å². The van der Waals surface area contributed by atoms with Crippen molar-refractivity contribution in [3.8, 4) is 5.75 Å². The summed E-state index contributed by atoms with van der Waals surface area (Å²) in [5.74, 6) is 0.475. The topological polar surface area (TPSA) is 93.9 Å². The first-order valence-corrected chi connectivity index (χ1v) is 10.5. The standard InChI is InChI=1S/C21H26F3N5O3/c1-4-7-10-29-18-17(19(30)27-20(29)31)28(5-2)16(26-18)12-25-15-9-8-13(32-6-3)11-14(15)21(22,23)24/h8-9,11,25H,4-7,10,12H2,1-3H3,(H,27,30,31). The highest BCUT2D eigenvalue weighted by molar-refractivity contribution is 5.71. The molecule has 0 fully saturated rings. The first kappa shape index (κ1) is 23.4. The Balaban J connectivity index is 2.02. The van der Waals surface area contributed by atoms with Gasteiger partial charge in [0.1, 0.15) is 11.6 Å². The SMILES string of the molecule is CCCCn1c(=O)[nH]c(=O)c2c1nc(CNc1ccc(OCC)cc1C(F)(F)F)n2CC. The molecule has 0 atom stereocenters. The molecule has 0 saturated carbocycles. The number of nitrogens with one attached hydrogen (secondary N) is 2. The van der Waals surface area contributed by atoms with Gasteiger partial charge < -0.3 is 14.6 Å². The molecule has 2 N–H and O–H groups in total. The molecule has 2 heterocycles. The molecule has 3 rings (SSSR count). The Morgan fingerprint density at radius 3 is 2.53 bits per heavy atom. The van der Waals surface area contributed by atoms with Gasteiger partial charge in [-0.05, 0) is 38.5 Å². The Morgan fingerprint density at radius 1 is 1.16 bits per heavy atom. The lowest BCUT2D eigenvalue weighted by Gasteiger charge is -2.16. The second-order valence-electron chi connectivity index (χ2n) is 7.20. The molecular weight excluding hydrogens is 427 g/mol. The van der Waals surface area contributed by atoms with Crippen molar-refractivity contribution in [3.05, 3.63) is 50.4 Å². The van der Waals surface area contributed by atoms with Gasteiger partial charge in [0.15, 0.2) is 11.2 Å². The number of hydrogen-bond acceptors (Lipinski definition) is 5. The minimum absolute atomic E-state index is 0.0685. The summed E-state index contributed by atoms with van der Waals surface area (Å²) in [7, 11) is 0. The average molecular weight is 453 g/mol. The van der Waals surface area contributed by atoms with Crippen molar-refractivity contribution in [3.63, 3.8) is 0 Å². The molecule has 11 heteroatoms. The monoisotopic (exact) mass is 453 g/mol. The Morgan fingerprint density at radius 2 is 1.91 bits per heavy atom. The zero-order valence-electron chi connectivity index (χ0n) is 18.2. The zero-order valence-corrected chi connectivity index (χ0v) is 18.2. The van der Waals surface area contributed by atoms with Gasteiger partial charge in [-0.15, -0.1) is 0 Å². The summed E-state index contributed by atoms with van der Waals surface area (Å²) in [6.07, 6.45) is -3.03. The normalized spacial score (nSPS) is 11.8. The average Bonchev–Trinajstić information content (AvgIpc) is 3.11. The van der Waals surface area contributed by atoms with Gasteiger partial charge in [-0.25, -0.2) is 9.78 Å². The van der Waals surface area contributed by atoms with Crippen molar-refractivity contribution in [2.75, 3.05) is 11.9 Å². The lowest BCUT2D eigenvalue weighted by molar-refractivity contribution is -0.137. The van der Waals surface area contributed by atoms with Crippen molar-refractivity contribution >= 4 is 16.9 Å². The summed E-state index contributed by atoms with van der Waals surface area (Å²) in [5.41, 5.74) is -1.66. The molecule has 0 saturated heterocycles. The number of H-pyrrole nitrogens is 1. The molecule has 0 radical (unpaired) electrons. The number of imidazole rings is 1. The van der Waals surface area contributed by atoms with E-state index in [0.29, 0.717) is 18.9 Å². The highest BCUT2D eigenvalue weighted by Gasteiger charge is 2.34. The number of aromatic nitrogens is 4. The van der Waals surface area contributed by atoms with Gasteiger partial charge in [0, 0.05) is 18.8 Å². The van der Waals surface area contributed by atoms with Crippen molar-refractivity contribution in [2.24, 2.45) is 0 Å². The third-order valence-electron chi connectivity index (χ3n) is 5.06. The van der Waals surface area contributed by atoms with E-state index < -0.39 is 23.0 Å². The maximum atomic E-state index is 13.6. The van der Waals surface area contributed by atoms with Gasteiger partial charge in [0.05, 0.1) is 18.7 Å². The van der Waals surface area contributed by atoms with E-state index in [1.807, 2.05) is 6.92 Å². The summed E-state index contributed by atoms with van der Waals surface area (Å²) in [4.78, 5) is 31.5. The number of ether oxygens (including phenoxy) is 1. The molecule has 0 aliphatic heterocycles. The van der Waals surface area contributed by atoms with Crippen LogP contribution in [0, 0.1) is 0 Å². The van der Waals surface area contributed by atoms with E-state index in [-0.39, 0.29) is 35.8 Å². The summed E-state index contributed by atoms with van der Waals surface area (Å²) in [6, 6.07) is 3.70. The summed E-state index contributed by atoms with van der Waals surface area (Å²) in [6.45, 7) is 6.38. The fourth-order valence-corrected chi connectivity index (χ4v) is 3.56. The Kier molecular flexibility index (Phi) is 6.95. The van der Waals surface area contributed by atoms with E-state index in [1.165, 1.54) is 16.7 Å². The zero-order chi connectivity index (χ0) is 23.5. The summed E-state index contributed by atoms with van der Waals surface area (Å²) < 4.78 is 48.9. The molecule has 3 aromatic rings. The van der Waals surface area contributed by atoms with Gasteiger partial charge in [0.25, 0.3) is 5.56 Å². The van der Waals surface area contributed by atoms with Crippen molar-refractivity contribution in [1.82, 2.24) is 19.1 Å². The number of aromatic amines is 1. The highest BCUT2D eigenvalue weighted by atomic mass is 19.4. The van der Waals surface area contributed by atoms with Crippen LogP contribution < -0.4 is 21.3 Å². The van der Waals surface area contributed by atoms with Gasteiger partial charge in [0.2, 0.25) is 0 Å². The number of halogens is 3. The first-order chi connectivity index (χ1) is 15.2. The number of nitrogens with zero attached hydrogens (tertiary/aromatic N) is 3. The largest absolute Gasteiger partial charge is 0.494 e. The highest BCUT2D eigenvalue weighted by Crippen LogP contribution is 2.37. The number of unbranched alkanes of at least 4 members (excludes halogenated alkanes) is 1. The van der Waals surface area contributed by atoms with Gasteiger partial charge in [-0.2, -0.15) is 13.2 Å². The Bertz CT molecular complexity index is 1210. The molecule has 174 valence electrons. The second kappa shape index (κ2) is 9.49. The van der Waals surface area contributed by atoms with Crippen molar-refractivity contribution in [1.29, 1.82) is 0 Å². The minimum atomic E-state index is -4.59. The van der Waals surface area contributed by atoms with E-state index in [1.54, 1.807) is 18.4 Å². The van der Waals surface area contributed by atoms with E-state index in [4.69, 9.17) is 4.74 Å². The van der Waals surface area contributed by atoms with Crippen LogP contribution in [0.15, 0.2) is 27.8 Å². The first-order valence-electron chi connectivity index (χ1n) is 10.5. The smallest absolute Gasteiger partial charge is 0.418 e. The van der Waals surface area contributed by atoms with Crippen LogP contribution in [-0.2, 0) is 25.8 Å². The molecule has 0 bridgehead atoms. The predicted octanol–water partition coefficient (Wildman–Crippen LogP) is 3.74. The third kappa shape index (κ3) is 4.66. The lowest BCUT2D eigenvalue weighted by Crippen LogP contribution is -2.31. The number of aryl methyl sites for hydroxylation is 2. The molecule has 0 aliphatic carbocycles. The van der Waals surface area contributed by atoms with Crippen LogP contribution >= 0.6 is 0 Å². The molecule has 0 spiro atoms. The number of benzene rings is 1. The second-order valence-corrected chi connectivity index (χ2v) is 7.20. The van der Waals surface area contributed by atoms with Crippen LogP contribution in [0.25, 0.3) is 11.2 Å². The van der Waals surface area contributed by atoms with E-state index in [9.17, 15) is 22.8 Å². The van der Waals surface area contributed by atoms with E-state index in [2.05, 4.69) is 15.3 Å². The van der Waals surface area contributed by atoms with Crippen LogP contribution in [0.5, 0.6) is 5.75 Å². The summed E-state index contributed by atoms with van der Waals surface area (Å²) >= 11 is 0. The minimum Gasteiger partial charge on any atom is -0.494 e. The number of fused-ring (bicyclic) bond motifs is 1. The maximum absolute atomic E-state index is 13.6. The van der Waals surface area contributed by atoms with Crippen LogP contribution in [-0.4, -0.2) is 25.7 Å². The van der Waals surface area contributed by atoms with Gasteiger partial charge in [-0.1, -0.05) is 13.3 Å². The van der Waals surface area contributed by atoms with E-state index in [0.717, 1.165) is 18.9 Å². The Hall–Kier alpha value is -3.24. The molecule has 8 nitrogen and oxygen atoms in total. The van der Waals surface area contributed by atoms with Crippen LogP contribution in [0.2, 0.25) is 0 Å². The predicted molar refractivity (Wildman–Crippen MR) is 115 cm³/mol. The lowest BCUT2D eigenvalue weighted by atomic mass is 10.1. The molecule has 0 aliphatic rings. The maximum Gasteiger partial charge on any atom is 0.418 e. The number of alkyl halides is 3. The molecule has 1 aromatic carbocycles. The van der Waals surface area contributed by atoms with Crippen molar-refractivity contribution < 1.29 is 17.9 Å². The van der Waals surface area contributed by atoms with Crippen molar-refractivity contribution in [2.45, 2.75) is 59.4 Å². The van der Waals surface area contributed by atoms with Crippen LogP contribution in [0.3, 0.4) is 0 Å². The molecule has 2 aromatic heterocycles. The number of anilines is 1. The summed E-state index contributed by atoms with van der Waals surface area (Å²) in [5, 5.41) is 2.78. The fraction of sp³-hybridized carbons (Fsp3) is 0.476. The number of rotatable bonds is 9. The molecular formula is C21H26F3N5O3. The third-order valence-corrected chi connectivity index (χ3v) is 5.06. The van der Waals surface area contributed by atoms with Gasteiger partial charge in [-0.3, -0.25) is 14.3 Å².